The van der Waals surface area contributed by atoms with Gasteiger partial charge in [-0.15, -0.1) is 0 Å². The Morgan fingerprint density at radius 2 is 2.05 bits per heavy atom. The van der Waals surface area contributed by atoms with Crippen molar-refractivity contribution in [3.63, 3.8) is 0 Å². The molecule has 2 aliphatic heterocycles. The first-order chi connectivity index (χ1) is 20.8. The number of carboxylic acids is 1. The van der Waals surface area contributed by atoms with Crippen molar-refractivity contribution in [2.75, 3.05) is 31.1 Å². The summed E-state index contributed by atoms with van der Waals surface area (Å²) in [6.45, 7) is 7.97. The summed E-state index contributed by atoms with van der Waals surface area (Å²) in [5.74, 6) is 0.644. The Morgan fingerprint density at radius 3 is 2.74 bits per heavy atom. The third kappa shape index (κ3) is 5.89. The predicted molar refractivity (Wildman–Crippen MR) is 158 cm³/mol. The van der Waals surface area contributed by atoms with Crippen molar-refractivity contribution in [3.8, 4) is 11.9 Å². The van der Waals surface area contributed by atoms with Crippen molar-refractivity contribution in [2.24, 2.45) is 0 Å². The molecule has 2 aliphatic rings. The van der Waals surface area contributed by atoms with E-state index < -0.39 is 11.8 Å². The van der Waals surface area contributed by atoms with Crippen LogP contribution < -0.4 is 9.64 Å². The zero-order chi connectivity index (χ0) is 30.1. The molecule has 222 valence electrons. The quantitative estimate of drug-likeness (QED) is 0.297. The van der Waals surface area contributed by atoms with Gasteiger partial charge in [-0.1, -0.05) is 12.1 Å². The minimum absolute atomic E-state index is 0.0105. The molecule has 2 aromatic heterocycles. The van der Waals surface area contributed by atoms with Gasteiger partial charge >= 0.3 is 5.97 Å². The Balaban J connectivity index is 1.16. The maximum Gasteiger partial charge on any atom is 0.335 e. The van der Waals surface area contributed by atoms with E-state index in [4.69, 9.17) is 19.7 Å². The van der Waals surface area contributed by atoms with Gasteiger partial charge < -0.3 is 24.0 Å². The number of imidazole rings is 1. The van der Waals surface area contributed by atoms with E-state index in [1.54, 1.807) is 36.4 Å². The van der Waals surface area contributed by atoms with E-state index in [-0.39, 0.29) is 35.9 Å². The molecule has 0 aliphatic carbocycles. The van der Waals surface area contributed by atoms with E-state index in [1.807, 2.05) is 18.2 Å². The fourth-order valence-corrected chi connectivity index (χ4v) is 5.87. The number of aromatic carboxylic acids is 1. The van der Waals surface area contributed by atoms with E-state index in [9.17, 15) is 14.3 Å². The smallest absolute Gasteiger partial charge is 0.335 e. The van der Waals surface area contributed by atoms with E-state index in [0.717, 1.165) is 55.3 Å². The maximum absolute atomic E-state index is 14.3. The average molecular weight is 585 g/mol. The number of carboxylic acid groups (broad SMARTS) is 1. The van der Waals surface area contributed by atoms with Crippen LogP contribution >= 0.6 is 0 Å². The van der Waals surface area contributed by atoms with Crippen LogP contribution in [-0.2, 0) is 17.9 Å². The van der Waals surface area contributed by atoms with Crippen LogP contribution in [0, 0.1) is 17.1 Å². The molecule has 2 fully saturated rings. The largest absolute Gasteiger partial charge is 0.478 e. The number of fused-ring (bicyclic) bond motifs is 1. The molecule has 11 heteroatoms. The fourth-order valence-electron chi connectivity index (χ4n) is 5.87. The van der Waals surface area contributed by atoms with Gasteiger partial charge in [-0.2, -0.15) is 10.2 Å². The molecule has 0 unspecified atom stereocenters. The Labute approximate surface area is 248 Å². The molecule has 0 radical (unpaired) electrons. The fraction of sp³-hybridized carbons (Fsp3) is 0.375. The van der Waals surface area contributed by atoms with Gasteiger partial charge in [-0.25, -0.2) is 14.2 Å². The first kappa shape index (κ1) is 28.6. The number of nitrogens with zero attached hydrogens (tertiary/aromatic N) is 6. The van der Waals surface area contributed by atoms with Gasteiger partial charge in [0.05, 0.1) is 46.9 Å². The molecule has 4 heterocycles. The molecule has 0 amide bonds. The lowest BCUT2D eigenvalue weighted by molar-refractivity contribution is -0.0595. The standard InChI is InChI=1S/C32H33FN6O4/c1-20-17-37(29-4-3-5-30(36-29)43-19-24-7-6-22(16-34)14-26(24)33)11-12-38(20)21(2)31-35-27-9-8-23(32(40)41)15-28(27)39(31)18-25-10-13-42-25/h3-9,14-15,20-21,25H,10-13,17-19H2,1-2H3,(H,40,41)/t20-,21-,25-/m0/s1. The molecule has 0 bridgehead atoms. The molecule has 6 rings (SSSR count). The summed E-state index contributed by atoms with van der Waals surface area (Å²) in [7, 11) is 0. The molecule has 2 aromatic carbocycles. The third-order valence-corrected chi connectivity index (χ3v) is 8.34. The van der Waals surface area contributed by atoms with Gasteiger partial charge in [0.2, 0.25) is 5.88 Å². The van der Waals surface area contributed by atoms with Crippen molar-refractivity contribution in [1.82, 2.24) is 19.4 Å². The van der Waals surface area contributed by atoms with Crippen LogP contribution in [0.4, 0.5) is 10.2 Å². The van der Waals surface area contributed by atoms with Gasteiger partial charge in [-0.3, -0.25) is 4.90 Å². The number of nitriles is 1. The van der Waals surface area contributed by atoms with Crippen LogP contribution in [0.1, 0.15) is 53.6 Å². The van der Waals surface area contributed by atoms with Crippen molar-refractivity contribution in [3.05, 3.63) is 82.9 Å². The van der Waals surface area contributed by atoms with Gasteiger partial charge in [-0.05, 0) is 56.7 Å². The highest BCUT2D eigenvalue weighted by Crippen LogP contribution is 2.31. The second-order valence-corrected chi connectivity index (χ2v) is 11.1. The lowest BCUT2D eigenvalue weighted by Crippen LogP contribution is -2.53. The van der Waals surface area contributed by atoms with Gasteiger partial charge in [0, 0.05) is 43.9 Å². The van der Waals surface area contributed by atoms with Crippen LogP contribution in [0.15, 0.2) is 54.6 Å². The number of anilines is 1. The Bertz CT molecular complexity index is 1700. The Kier molecular flexibility index (Phi) is 7.97. The Morgan fingerprint density at radius 1 is 1.21 bits per heavy atom. The first-order valence-electron chi connectivity index (χ1n) is 14.4. The van der Waals surface area contributed by atoms with Gasteiger partial charge in [0.25, 0.3) is 0 Å². The van der Waals surface area contributed by atoms with Gasteiger partial charge in [0.1, 0.15) is 24.1 Å². The van der Waals surface area contributed by atoms with Gasteiger partial charge in [0.15, 0.2) is 0 Å². The third-order valence-electron chi connectivity index (χ3n) is 8.34. The average Bonchev–Trinajstić information content (AvgIpc) is 3.35. The monoisotopic (exact) mass is 584 g/mol. The topological polar surface area (TPSA) is 117 Å². The van der Waals surface area contributed by atoms with Crippen LogP contribution in [0.25, 0.3) is 11.0 Å². The normalized spacial score (nSPS) is 19.5. The molecular formula is C32H33FN6O4. The summed E-state index contributed by atoms with van der Waals surface area (Å²) >= 11 is 0. The van der Waals surface area contributed by atoms with E-state index in [0.29, 0.717) is 18.0 Å². The summed E-state index contributed by atoms with van der Waals surface area (Å²) in [6.07, 6.45) is 1.07. The minimum atomic E-state index is -0.960. The van der Waals surface area contributed by atoms with Crippen LogP contribution in [0.5, 0.6) is 5.88 Å². The molecular weight excluding hydrogens is 551 g/mol. The molecule has 2 saturated heterocycles. The molecule has 1 N–H and O–H groups in total. The minimum Gasteiger partial charge on any atom is -0.478 e. The number of halogens is 1. The van der Waals surface area contributed by atoms with Crippen molar-refractivity contribution in [2.45, 2.75) is 51.6 Å². The second kappa shape index (κ2) is 12.0. The predicted octanol–water partition coefficient (Wildman–Crippen LogP) is 4.78. The summed E-state index contributed by atoms with van der Waals surface area (Å²) < 4.78 is 28.0. The molecule has 0 spiro atoms. The SMILES string of the molecule is C[C@H]1CN(c2cccc(OCc3ccc(C#N)cc3F)n2)CCN1[C@@H](C)c1nc2ccc(C(=O)O)cc2n1C[C@@H]1CCO1. The first-order valence-corrected chi connectivity index (χ1v) is 14.4. The number of carbonyl (C=O) groups is 1. The summed E-state index contributed by atoms with van der Waals surface area (Å²) in [5, 5.41) is 18.5. The number of aromatic nitrogens is 3. The molecule has 43 heavy (non-hydrogen) atoms. The number of piperazine rings is 1. The zero-order valence-corrected chi connectivity index (χ0v) is 24.1. The van der Waals surface area contributed by atoms with Crippen LogP contribution in [0.2, 0.25) is 0 Å². The highest BCUT2D eigenvalue weighted by atomic mass is 19.1. The number of benzene rings is 2. The van der Waals surface area contributed by atoms with Crippen LogP contribution in [-0.4, -0.2) is 68.9 Å². The van der Waals surface area contributed by atoms with Crippen LogP contribution in [0.3, 0.4) is 0 Å². The number of pyridine rings is 1. The van der Waals surface area contributed by atoms with E-state index >= 15 is 0 Å². The summed E-state index contributed by atoms with van der Waals surface area (Å²) in [5.41, 5.74) is 2.45. The molecule has 3 atom stereocenters. The van der Waals surface area contributed by atoms with E-state index in [2.05, 4.69) is 33.2 Å². The highest BCUT2D eigenvalue weighted by Gasteiger charge is 2.32. The second-order valence-electron chi connectivity index (χ2n) is 11.1. The maximum atomic E-state index is 14.3. The molecule has 10 nitrogen and oxygen atoms in total. The summed E-state index contributed by atoms with van der Waals surface area (Å²) in [4.78, 5) is 26.0. The lowest BCUT2D eigenvalue weighted by atomic mass is 10.1. The Hall–Kier alpha value is -4.53. The highest BCUT2D eigenvalue weighted by molar-refractivity contribution is 5.92. The number of hydrogen-bond acceptors (Lipinski definition) is 8. The lowest BCUT2D eigenvalue weighted by Gasteiger charge is -2.43. The number of ether oxygens (including phenoxy) is 2. The molecule has 0 saturated carbocycles. The zero-order valence-electron chi connectivity index (χ0n) is 24.1. The van der Waals surface area contributed by atoms with E-state index in [1.165, 1.54) is 6.07 Å². The molecule has 4 aromatic rings. The number of hydrogen-bond donors (Lipinski definition) is 1. The van der Waals surface area contributed by atoms with Crippen molar-refractivity contribution >= 4 is 22.8 Å². The number of rotatable bonds is 9. The summed E-state index contributed by atoms with van der Waals surface area (Å²) in [6, 6.07) is 17.1. The van der Waals surface area contributed by atoms with Crippen molar-refractivity contribution < 1.29 is 23.8 Å². The van der Waals surface area contributed by atoms with Crippen molar-refractivity contribution in [1.29, 1.82) is 5.26 Å².